The number of carbonyl (C=O) groups is 6. The van der Waals surface area contributed by atoms with Gasteiger partial charge in [0.2, 0.25) is 15.8 Å². The van der Waals surface area contributed by atoms with Gasteiger partial charge in [0.1, 0.15) is 54.4 Å². The van der Waals surface area contributed by atoms with Crippen molar-refractivity contribution in [1.82, 2.24) is 14.9 Å². The maximum absolute atomic E-state index is 16.2. The largest absolute Gasteiger partial charge is 0.507 e. The Hall–Kier alpha value is -7.14. The van der Waals surface area contributed by atoms with Crippen LogP contribution in [0, 0.1) is 12.7 Å². The topological polar surface area (TPSA) is 326 Å². The minimum atomic E-state index is -3.93. The van der Waals surface area contributed by atoms with Crippen LogP contribution in [0.5, 0.6) is 17.2 Å². The number of ketones is 4. The van der Waals surface area contributed by atoms with Crippen molar-refractivity contribution in [1.29, 1.82) is 0 Å². The molecule has 1 saturated heterocycles. The Morgan fingerprint density at radius 1 is 0.964 bits per heavy atom. The number of carbonyl (C=O) groups excluding carboxylic acids is 6. The highest BCUT2D eigenvalue weighted by molar-refractivity contribution is 8.76. The molecule has 4 aromatic carbocycles. The molecule has 6 atom stereocenters. The summed E-state index contributed by atoms with van der Waals surface area (Å²) in [6, 6.07) is 14.2. The van der Waals surface area contributed by atoms with E-state index in [4.69, 9.17) is 35.3 Å². The molecule has 0 radical (unpaired) electrons. The van der Waals surface area contributed by atoms with Crippen LogP contribution >= 0.6 is 33.2 Å². The number of anilines is 1. The predicted molar refractivity (Wildman–Crippen MR) is 306 cm³/mol. The van der Waals surface area contributed by atoms with Crippen LogP contribution in [0.4, 0.5) is 19.7 Å². The van der Waals surface area contributed by atoms with Crippen LogP contribution in [-0.4, -0.2) is 153 Å². The zero-order valence-electron chi connectivity index (χ0n) is 45.3. The number of aliphatic hydroxyl groups is 3. The fourth-order valence-electron chi connectivity index (χ4n) is 10.5. The van der Waals surface area contributed by atoms with Crippen molar-refractivity contribution in [2.24, 2.45) is 0 Å². The molecule has 2 aromatic heterocycles. The number of phenols is 2. The molecule has 3 heterocycles. The molecule has 4 unspecified atom stereocenters. The number of ether oxygens (including phenoxy) is 5. The lowest BCUT2D eigenvalue weighted by Gasteiger charge is -2.42. The van der Waals surface area contributed by atoms with Gasteiger partial charge in [0.05, 0.1) is 64.6 Å². The lowest BCUT2D eigenvalue weighted by atomic mass is 9.72. The number of rotatable bonds is 20. The number of nitrogens with one attached hydrogen (secondary N) is 2. The molecule has 7 N–H and O–H groups in total. The molecular weight excluding hydrogens is 1180 g/mol. The monoisotopic (exact) mass is 1230 g/mol. The summed E-state index contributed by atoms with van der Waals surface area (Å²) in [5.41, 5.74) is -3.89. The van der Waals surface area contributed by atoms with E-state index in [0.29, 0.717) is 16.1 Å². The Balaban J connectivity index is 0.813. The van der Waals surface area contributed by atoms with E-state index in [-0.39, 0.29) is 93.5 Å². The van der Waals surface area contributed by atoms with Gasteiger partial charge in [0, 0.05) is 75.8 Å². The molecule has 84 heavy (non-hydrogen) atoms. The van der Waals surface area contributed by atoms with Gasteiger partial charge >= 0.3 is 12.2 Å². The van der Waals surface area contributed by atoms with Gasteiger partial charge in [0.25, 0.3) is 0 Å². The van der Waals surface area contributed by atoms with Gasteiger partial charge < -0.3 is 54.5 Å². The predicted octanol–water partition coefficient (Wildman–Crippen LogP) is 7.34. The first-order valence-corrected chi connectivity index (χ1v) is 30.7. The normalized spacial score (nSPS) is 20.1. The average molecular weight is 1240 g/mol. The number of aromatic hydroxyl groups is 2. The molecule has 0 spiro atoms. The Morgan fingerprint density at radius 3 is 2.36 bits per heavy atom. The van der Waals surface area contributed by atoms with Gasteiger partial charge in [-0.1, -0.05) is 70.4 Å². The van der Waals surface area contributed by atoms with E-state index in [0.717, 1.165) is 4.57 Å². The second-order valence-electron chi connectivity index (χ2n) is 20.0. The zero-order valence-corrected chi connectivity index (χ0v) is 48.5. The minimum absolute atomic E-state index is 0.0218. The van der Waals surface area contributed by atoms with Crippen molar-refractivity contribution in [3.05, 3.63) is 134 Å². The number of Topliss-reactive ketones (excluding diaryl/α,β-unsaturated/α-hetero) is 1. The number of benzene rings is 4. The average Bonchev–Trinajstić information content (AvgIpc) is 0.869. The van der Waals surface area contributed by atoms with Crippen molar-refractivity contribution in [2.75, 3.05) is 48.9 Å². The number of alkyl carbamates (subject to hydrolysis) is 1. The quantitative estimate of drug-likeness (QED) is 0.0170. The molecule has 1 amide bonds. The fraction of sp³-hybridized carbons (Fsp3) is 0.351. The maximum atomic E-state index is 16.2. The van der Waals surface area contributed by atoms with Gasteiger partial charge in [-0.2, -0.15) is 0 Å². The Bertz CT molecular complexity index is 3750. The highest BCUT2D eigenvalue weighted by atomic mass is 35.5. The highest BCUT2D eigenvalue weighted by Crippen LogP contribution is 2.53. The summed E-state index contributed by atoms with van der Waals surface area (Å²) >= 11 is 6.12. The standard InChI is InChI=1S/C57H56ClFN4O18S3/c1-5-19-84(75,76)62-36-14-9-27(2)42(47(36)59)51(69)35-25-63(54-33(35)20-30(24-60-54)29-10-12-31(58)13-11-29)56(73)79-16-18-83-82-17-15-78-55(72)61-37-21-41(80-28(3)48(37)66)81-39-23-57(74,40(65)26-64)22-34-44(39)53(71)46-45(50(34)68)49(67)32-7-6-8-38(77-4)43(32)52(46)70/h6-14,20,24-25,28,37,39,41,48,62,64,66,68,71,74H,5,15-19,21-23,26H2,1-4H3,(H,61,72)/t28?,37?,39-,41?,48?,57-/m0/s1. The second kappa shape index (κ2) is 25.2. The Morgan fingerprint density at radius 2 is 1.67 bits per heavy atom. The SMILES string of the molecule is CCCS(=O)(=O)Nc1ccc(C)c(C(=O)c2cn(C(=O)OCCSSCCOC(=O)NC3CC(O[C@H]4C[C@](O)(C(=O)CO)Cc5c(O)c6c(c(O)c54)C(=O)c4c(OC)cccc4C6=O)OC(C)C3O)c3ncc(-c4ccc(Cl)cc4)cc23)c1F. The van der Waals surface area contributed by atoms with Crippen LogP contribution in [0.3, 0.4) is 0 Å². The van der Waals surface area contributed by atoms with Crippen molar-refractivity contribution in [3.8, 4) is 28.4 Å². The number of nitrogens with zero attached hydrogens (tertiary/aromatic N) is 2. The number of fused-ring (bicyclic) bond motifs is 4. The number of amides is 1. The summed E-state index contributed by atoms with van der Waals surface area (Å²) in [4.78, 5) is 86.6. The Labute approximate surface area is 492 Å². The minimum Gasteiger partial charge on any atom is -0.507 e. The first-order valence-electron chi connectivity index (χ1n) is 26.2. The van der Waals surface area contributed by atoms with Crippen LogP contribution in [0.15, 0.2) is 73.1 Å². The summed E-state index contributed by atoms with van der Waals surface area (Å²) in [5.74, 6) is -6.06. The van der Waals surface area contributed by atoms with E-state index in [1.807, 2.05) is 0 Å². The van der Waals surface area contributed by atoms with Crippen molar-refractivity contribution >= 4 is 95.3 Å². The number of halogens is 2. The number of hydrogen-bond acceptors (Lipinski definition) is 21. The number of phenolic OH excluding ortho intramolecular Hbond substituents is 2. The number of sulfonamides is 1. The van der Waals surface area contributed by atoms with Crippen LogP contribution in [0.1, 0.15) is 104 Å². The van der Waals surface area contributed by atoms with Gasteiger partial charge in [-0.25, -0.2) is 31.9 Å². The van der Waals surface area contributed by atoms with Crippen LogP contribution in [0.25, 0.3) is 22.2 Å². The third-order valence-electron chi connectivity index (χ3n) is 14.5. The molecule has 27 heteroatoms. The highest BCUT2D eigenvalue weighted by Gasteiger charge is 2.50. The lowest BCUT2D eigenvalue weighted by Crippen LogP contribution is -2.56. The lowest BCUT2D eigenvalue weighted by molar-refractivity contribution is -0.249. The number of aryl methyl sites for hydroxylation is 1. The van der Waals surface area contributed by atoms with Crippen LogP contribution < -0.4 is 14.8 Å². The van der Waals surface area contributed by atoms with Crippen molar-refractivity contribution in [3.63, 3.8) is 0 Å². The third kappa shape index (κ3) is 12.2. The van der Waals surface area contributed by atoms with E-state index >= 15 is 4.39 Å². The summed E-state index contributed by atoms with van der Waals surface area (Å²) < 4.78 is 73.0. The molecular formula is C57H56ClFN4O18S3. The number of aliphatic hydroxyl groups excluding tert-OH is 2. The molecule has 3 aliphatic rings. The first-order chi connectivity index (χ1) is 40.0. The summed E-state index contributed by atoms with van der Waals surface area (Å²) in [6.07, 6.45) is -5.72. The number of pyridine rings is 1. The molecule has 9 rings (SSSR count). The number of methoxy groups -OCH3 is 1. The molecule has 444 valence electrons. The first kappa shape index (κ1) is 61.4. The Kier molecular flexibility index (Phi) is 18.4. The van der Waals surface area contributed by atoms with E-state index in [1.165, 1.54) is 85.3 Å². The van der Waals surface area contributed by atoms with Crippen LogP contribution in [0.2, 0.25) is 5.02 Å². The van der Waals surface area contributed by atoms with Gasteiger partial charge in [-0.15, -0.1) is 0 Å². The summed E-state index contributed by atoms with van der Waals surface area (Å²) in [6.45, 7) is 3.24. The number of aromatic nitrogens is 2. The zero-order chi connectivity index (χ0) is 60.5. The van der Waals surface area contributed by atoms with Gasteiger partial charge in [-0.05, 0) is 61.7 Å². The summed E-state index contributed by atoms with van der Waals surface area (Å²) in [7, 11) is -0.103. The molecule has 0 saturated carbocycles. The van der Waals surface area contributed by atoms with Crippen molar-refractivity contribution in [2.45, 2.75) is 82.7 Å². The van der Waals surface area contributed by atoms with Gasteiger partial charge in [0.15, 0.2) is 29.5 Å². The number of hydrogen-bond donors (Lipinski definition) is 7. The molecule has 0 bridgehead atoms. The van der Waals surface area contributed by atoms with E-state index < -0.39 is 141 Å². The molecule has 22 nitrogen and oxygen atoms in total. The smallest absolute Gasteiger partial charge is 0.419 e. The molecule has 1 fully saturated rings. The van der Waals surface area contributed by atoms with Gasteiger partial charge in [-0.3, -0.25) is 23.9 Å². The van der Waals surface area contributed by atoms with Crippen molar-refractivity contribution < 1.29 is 90.8 Å². The third-order valence-corrected chi connectivity index (χ3v) is 18.6. The molecule has 1 aliphatic heterocycles. The summed E-state index contributed by atoms with van der Waals surface area (Å²) in [5, 5.41) is 59.4. The molecule has 6 aromatic rings. The second-order valence-corrected chi connectivity index (χ2v) is 25.0. The van der Waals surface area contributed by atoms with E-state index in [2.05, 4.69) is 15.0 Å². The van der Waals surface area contributed by atoms with Crippen LogP contribution in [-0.2, 0) is 40.2 Å². The van der Waals surface area contributed by atoms with E-state index in [9.17, 15) is 62.7 Å². The molecule has 2 aliphatic carbocycles. The van der Waals surface area contributed by atoms with E-state index in [1.54, 1.807) is 37.3 Å². The maximum Gasteiger partial charge on any atom is 0.419 e. The fourth-order valence-corrected chi connectivity index (χ4v) is 13.4.